The summed E-state index contributed by atoms with van der Waals surface area (Å²) >= 11 is 1.08. The molecular weight excluding hydrogens is 320 g/mol. The quantitative estimate of drug-likeness (QED) is 0.839. The number of halogens is 2. The van der Waals surface area contributed by atoms with Crippen molar-refractivity contribution in [2.24, 2.45) is 0 Å². The number of rotatable bonds is 5. The highest BCUT2D eigenvalue weighted by Gasteiger charge is 2.25. The van der Waals surface area contributed by atoms with Crippen molar-refractivity contribution < 1.29 is 13.6 Å². The second kappa shape index (κ2) is 6.86. The van der Waals surface area contributed by atoms with Gasteiger partial charge in [0.2, 0.25) is 5.91 Å². The number of hydrogen-bond acceptors (Lipinski definition) is 3. The highest BCUT2D eigenvalue weighted by atomic mass is 32.2. The fraction of sp³-hybridized carbons (Fsp3) is 0.500. The van der Waals surface area contributed by atoms with Gasteiger partial charge in [-0.2, -0.15) is 8.78 Å². The van der Waals surface area contributed by atoms with Gasteiger partial charge in [0.1, 0.15) is 0 Å². The molecule has 0 unspecified atom stereocenters. The number of thioether (sulfide) groups is 1. The molecule has 1 aliphatic carbocycles. The lowest BCUT2D eigenvalue weighted by Crippen LogP contribution is -2.37. The molecule has 1 N–H and O–H groups in total. The van der Waals surface area contributed by atoms with Crippen LogP contribution in [0.4, 0.5) is 8.78 Å². The number of para-hydroxylation sites is 2. The number of hydrogen-bond donors (Lipinski definition) is 1. The van der Waals surface area contributed by atoms with Crippen molar-refractivity contribution in [3.8, 4) is 0 Å². The molecule has 1 aromatic carbocycles. The first-order chi connectivity index (χ1) is 11.1. The number of carbonyl (C=O) groups is 1. The zero-order chi connectivity index (χ0) is 16.4. The molecule has 23 heavy (non-hydrogen) atoms. The first-order valence-corrected chi connectivity index (χ1v) is 8.66. The van der Waals surface area contributed by atoms with Crippen molar-refractivity contribution in [2.45, 2.75) is 55.6 Å². The Balaban J connectivity index is 1.77. The van der Waals surface area contributed by atoms with Crippen LogP contribution in [0.3, 0.4) is 0 Å². The summed E-state index contributed by atoms with van der Waals surface area (Å²) in [6, 6.07) is 6.99. The van der Waals surface area contributed by atoms with E-state index in [4.69, 9.17) is 0 Å². The van der Waals surface area contributed by atoms with Gasteiger partial charge in [0.25, 0.3) is 0 Å². The maximum absolute atomic E-state index is 13.4. The average molecular weight is 339 g/mol. The maximum atomic E-state index is 13.4. The minimum absolute atomic E-state index is 0.116. The molecule has 0 radical (unpaired) electrons. The molecule has 0 bridgehead atoms. The number of aromatic nitrogens is 2. The molecule has 4 nitrogen and oxygen atoms in total. The zero-order valence-corrected chi connectivity index (χ0v) is 13.7. The second-order valence-corrected chi connectivity index (χ2v) is 7.09. The van der Waals surface area contributed by atoms with Gasteiger partial charge in [-0.1, -0.05) is 36.7 Å². The van der Waals surface area contributed by atoms with E-state index in [-0.39, 0.29) is 17.1 Å². The number of imidazole rings is 1. The Morgan fingerprint density at radius 2 is 2.04 bits per heavy atom. The zero-order valence-electron chi connectivity index (χ0n) is 12.8. The van der Waals surface area contributed by atoms with Crippen LogP contribution in [0.5, 0.6) is 0 Å². The Kier molecular flexibility index (Phi) is 4.84. The molecule has 1 saturated carbocycles. The van der Waals surface area contributed by atoms with E-state index < -0.39 is 11.8 Å². The molecule has 1 amide bonds. The van der Waals surface area contributed by atoms with Gasteiger partial charge in [-0.3, -0.25) is 9.36 Å². The van der Waals surface area contributed by atoms with Crippen molar-refractivity contribution in [1.29, 1.82) is 0 Å². The third-order valence-electron chi connectivity index (χ3n) is 4.11. The van der Waals surface area contributed by atoms with Crippen molar-refractivity contribution >= 4 is 28.7 Å². The van der Waals surface area contributed by atoms with Crippen molar-refractivity contribution in [1.82, 2.24) is 14.9 Å². The van der Waals surface area contributed by atoms with Gasteiger partial charge in [0.05, 0.1) is 16.3 Å². The third-order valence-corrected chi connectivity index (χ3v) is 5.18. The molecule has 7 heteroatoms. The van der Waals surface area contributed by atoms with Crippen molar-refractivity contribution in [2.75, 3.05) is 0 Å². The molecule has 124 valence electrons. The van der Waals surface area contributed by atoms with Crippen LogP contribution in [-0.2, 0) is 4.79 Å². The van der Waals surface area contributed by atoms with Crippen LogP contribution < -0.4 is 5.32 Å². The van der Waals surface area contributed by atoms with E-state index in [2.05, 4.69) is 10.3 Å². The second-order valence-electron chi connectivity index (χ2n) is 5.78. The fourth-order valence-electron chi connectivity index (χ4n) is 2.89. The SMILES string of the molecule is C[C@@H](Sc1nc2ccccc2n1C(F)F)C(=O)NC1CCCC1. The highest BCUT2D eigenvalue weighted by Crippen LogP contribution is 2.31. The average Bonchev–Trinajstić information content (AvgIpc) is 3.13. The van der Waals surface area contributed by atoms with Crippen LogP contribution >= 0.6 is 11.8 Å². The van der Waals surface area contributed by atoms with Crippen LogP contribution in [0.1, 0.15) is 39.2 Å². The van der Waals surface area contributed by atoms with Crippen LogP contribution in [0.2, 0.25) is 0 Å². The van der Waals surface area contributed by atoms with Crippen LogP contribution in [0.25, 0.3) is 11.0 Å². The van der Waals surface area contributed by atoms with Gasteiger partial charge in [-0.25, -0.2) is 4.98 Å². The first-order valence-electron chi connectivity index (χ1n) is 7.78. The van der Waals surface area contributed by atoms with E-state index in [0.717, 1.165) is 42.0 Å². The van der Waals surface area contributed by atoms with Gasteiger partial charge < -0.3 is 5.32 Å². The summed E-state index contributed by atoms with van der Waals surface area (Å²) in [6.45, 7) is -0.959. The van der Waals surface area contributed by atoms with Crippen molar-refractivity contribution in [3.63, 3.8) is 0 Å². The number of fused-ring (bicyclic) bond motifs is 1. The molecule has 0 saturated heterocycles. The summed E-state index contributed by atoms with van der Waals surface area (Å²) in [5, 5.41) is 2.71. The molecule has 0 aliphatic heterocycles. The standard InChI is InChI=1S/C16H19F2N3OS/c1-10(14(22)19-11-6-2-3-7-11)23-16-20-12-8-4-5-9-13(12)21(16)15(17)18/h4-5,8-11,15H,2-3,6-7H2,1H3,(H,19,22)/t10-/m1/s1. The summed E-state index contributed by atoms with van der Waals surface area (Å²) in [5.74, 6) is -0.116. The number of alkyl halides is 2. The first kappa shape index (κ1) is 16.2. The summed E-state index contributed by atoms with van der Waals surface area (Å²) in [7, 11) is 0. The summed E-state index contributed by atoms with van der Waals surface area (Å²) < 4.78 is 27.6. The Bertz CT molecular complexity index is 698. The fourth-order valence-corrected chi connectivity index (χ4v) is 3.83. The van der Waals surface area contributed by atoms with Gasteiger partial charge in [0, 0.05) is 6.04 Å². The molecule has 1 aromatic heterocycles. The number of amides is 1. The smallest absolute Gasteiger partial charge is 0.321 e. The number of nitrogens with zero attached hydrogens (tertiary/aromatic N) is 2. The molecule has 3 rings (SSSR count). The lowest BCUT2D eigenvalue weighted by atomic mass is 10.2. The highest BCUT2D eigenvalue weighted by molar-refractivity contribution is 8.00. The minimum Gasteiger partial charge on any atom is -0.352 e. The Morgan fingerprint density at radius 1 is 1.35 bits per heavy atom. The van der Waals surface area contributed by atoms with E-state index in [1.165, 1.54) is 0 Å². The van der Waals surface area contributed by atoms with Gasteiger partial charge >= 0.3 is 6.55 Å². The number of benzene rings is 1. The summed E-state index contributed by atoms with van der Waals surface area (Å²) in [6.07, 6.45) is 4.26. The van der Waals surface area contributed by atoms with E-state index in [0.29, 0.717) is 11.0 Å². The van der Waals surface area contributed by atoms with Crippen LogP contribution in [0.15, 0.2) is 29.4 Å². The molecule has 1 atom stereocenters. The van der Waals surface area contributed by atoms with E-state index in [9.17, 15) is 13.6 Å². The summed E-state index contributed by atoms with van der Waals surface area (Å²) in [5.41, 5.74) is 0.895. The van der Waals surface area contributed by atoms with Crippen molar-refractivity contribution in [3.05, 3.63) is 24.3 Å². The predicted molar refractivity (Wildman–Crippen MR) is 86.7 cm³/mol. The third kappa shape index (κ3) is 3.49. The minimum atomic E-state index is -2.69. The molecule has 2 aromatic rings. The lowest BCUT2D eigenvalue weighted by molar-refractivity contribution is -0.120. The monoisotopic (exact) mass is 339 g/mol. The Morgan fingerprint density at radius 3 is 2.74 bits per heavy atom. The lowest BCUT2D eigenvalue weighted by Gasteiger charge is -2.16. The Labute approximate surface area is 137 Å². The van der Waals surface area contributed by atoms with Gasteiger partial charge in [0.15, 0.2) is 5.16 Å². The molecule has 1 fully saturated rings. The largest absolute Gasteiger partial charge is 0.352 e. The van der Waals surface area contributed by atoms with E-state index >= 15 is 0 Å². The number of nitrogens with one attached hydrogen (secondary N) is 1. The van der Waals surface area contributed by atoms with Crippen LogP contribution in [0, 0.1) is 0 Å². The summed E-state index contributed by atoms with van der Waals surface area (Å²) in [4.78, 5) is 16.5. The van der Waals surface area contributed by atoms with Crippen LogP contribution in [-0.4, -0.2) is 26.8 Å². The van der Waals surface area contributed by atoms with Gasteiger partial charge in [-0.05, 0) is 31.9 Å². The Hall–Kier alpha value is -1.63. The van der Waals surface area contributed by atoms with Gasteiger partial charge in [-0.15, -0.1) is 0 Å². The normalized spacial score (nSPS) is 17.0. The molecule has 1 aliphatic rings. The maximum Gasteiger partial charge on any atom is 0.321 e. The molecule has 0 spiro atoms. The van der Waals surface area contributed by atoms with E-state index in [1.807, 2.05) is 0 Å². The molecular formula is C16H19F2N3OS. The number of carbonyl (C=O) groups excluding carboxylic acids is 1. The predicted octanol–water partition coefficient (Wildman–Crippen LogP) is 3.97. The topological polar surface area (TPSA) is 46.9 Å². The molecule has 1 heterocycles. The van der Waals surface area contributed by atoms with E-state index in [1.54, 1.807) is 31.2 Å².